The van der Waals surface area contributed by atoms with Crippen LogP contribution in [0.25, 0.3) is 11.1 Å². The van der Waals surface area contributed by atoms with Gasteiger partial charge in [0.2, 0.25) is 0 Å². The predicted molar refractivity (Wildman–Crippen MR) is 103 cm³/mol. The monoisotopic (exact) mass is 436 g/mol. The Morgan fingerprint density at radius 1 is 1.10 bits per heavy atom. The van der Waals surface area contributed by atoms with Gasteiger partial charge in [0, 0.05) is 11.1 Å². The van der Waals surface area contributed by atoms with E-state index in [2.05, 4.69) is 10.3 Å². The number of hydrogen-bond donors (Lipinski definition) is 2. The van der Waals surface area contributed by atoms with E-state index >= 15 is 0 Å². The number of hydrogen-bond acceptors (Lipinski definition) is 3. The van der Waals surface area contributed by atoms with E-state index in [1.807, 2.05) is 0 Å². The van der Waals surface area contributed by atoms with Crippen LogP contribution in [0.4, 0.5) is 22.0 Å². The number of rotatable bonds is 5. The first-order valence-corrected chi connectivity index (χ1v) is 9.09. The van der Waals surface area contributed by atoms with Crippen LogP contribution in [0.3, 0.4) is 0 Å². The lowest BCUT2D eigenvalue weighted by Gasteiger charge is -2.17. The SMILES string of the molecule is Cc1ccc(-c2cc(C(=O)NCc3ccc(F)cn3)cc(C(O)C(F)(F)F)c2)c(F)c1. The lowest BCUT2D eigenvalue weighted by Crippen LogP contribution is -2.25. The van der Waals surface area contributed by atoms with Gasteiger partial charge in [0.1, 0.15) is 11.6 Å². The van der Waals surface area contributed by atoms with Crippen LogP contribution in [0, 0.1) is 18.6 Å². The van der Waals surface area contributed by atoms with E-state index in [0.29, 0.717) is 11.3 Å². The molecule has 1 aromatic heterocycles. The standard InChI is InChI=1S/C22H17F5N2O2/c1-12-2-5-18(19(24)6-12)13-7-14(20(30)22(25,26)27)9-15(8-13)21(31)29-11-17-4-3-16(23)10-28-17/h2-10,20,30H,11H2,1H3,(H,29,31). The summed E-state index contributed by atoms with van der Waals surface area (Å²) in [6.07, 6.45) is -6.87. The maximum atomic E-state index is 14.4. The van der Waals surface area contributed by atoms with Gasteiger partial charge in [0.15, 0.2) is 6.10 Å². The summed E-state index contributed by atoms with van der Waals surface area (Å²) in [5, 5.41) is 12.1. The van der Waals surface area contributed by atoms with E-state index < -0.39 is 35.4 Å². The van der Waals surface area contributed by atoms with E-state index in [1.165, 1.54) is 24.3 Å². The van der Waals surface area contributed by atoms with Gasteiger partial charge < -0.3 is 10.4 Å². The van der Waals surface area contributed by atoms with Crippen molar-refractivity contribution >= 4 is 5.91 Å². The topological polar surface area (TPSA) is 62.2 Å². The first-order valence-electron chi connectivity index (χ1n) is 9.09. The lowest BCUT2D eigenvalue weighted by molar-refractivity contribution is -0.206. The molecule has 0 aliphatic heterocycles. The predicted octanol–water partition coefficient (Wildman–Crippen LogP) is 4.86. The van der Waals surface area contributed by atoms with Crippen molar-refractivity contribution in [1.29, 1.82) is 0 Å². The van der Waals surface area contributed by atoms with Crippen molar-refractivity contribution in [3.05, 3.63) is 88.7 Å². The highest BCUT2D eigenvalue weighted by Crippen LogP contribution is 2.35. The van der Waals surface area contributed by atoms with Crippen molar-refractivity contribution in [2.24, 2.45) is 0 Å². The molecule has 1 amide bonds. The highest BCUT2D eigenvalue weighted by atomic mass is 19.4. The quantitative estimate of drug-likeness (QED) is 0.562. The van der Waals surface area contributed by atoms with Gasteiger partial charge in [0.25, 0.3) is 5.91 Å². The van der Waals surface area contributed by atoms with Crippen LogP contribution in [0.15, 0.2) is 54.7 Å². The average molecular weight is 436 g/mol. The number of aryl methyl sites for hydroxylation is 1. The number of nitrogens with zero attached hydrogens (tertiary/aromatic N) is 1. The summed E-state index contributed by atoms with van der Waals surface area (Å²) in [5.41, 5.74) is 0.107. The van der Waals surface area contributed by atoms with Gasteiger partial charge in [-0.05, 0) is 60.0 Å². The van der Waals surface area contributed by atoms with Crippen LogP contribution < -0.4 is 5.32 Å². The smallest absolute Gasteiger partial charge is 0.379 e. The fourth-order valence-electron chi connectivity index (χ4n) is 2.92. The number of aromatic nitrogens is 1. The Morgan fingerprint density at radius 2 is 1.84 bits per heavy atom. The highest BCUT2D eigenvalue weighted by Gasteiger charge is 2.39. The normalized spacial score (nSPS) is 12.5. The molecule has 9 heteroatoms. The van der Waals surface area contributed by atoms with Crippen LogP contribution in [-0.2, 0) is 6.54 Å². The molecule has 2 N–H and O–H groups in total. The number of aliphatic hydroxyl groups excluding tert-OH is 1. The molecule has 0 spiro atoms. The molecule has 31 heavy (non-hydrogen) atoms. The van der Waals surface area contributed by atoms with Gasteiger partial charge in [-0.1, -0.05) is 12.1 Å². The Morgan fingerprint density at radius 3 is 2.45 bits per heavy atom. The maximum absolute atomic E-state index is 14.4. The summed E-state index contributed by atoms with van der Waals surface area (Å²) in [6, 6.07) is 9.76. The number of amides is 1. The van der Waals surface area contributed by atoms with Crippen LogP contribution in [-0.4, -0.2) is 22.2 Å². The third-order valence-electron chi connectivity index (χ3n) is 4.50. The molecular weight excluding hydrogens is 419 g/mol. The van der Waals surface area contributed by atoms with Crippen molar-refractivity contribution in [2.45, 2.75) is 25.7 Å². The third kappa shape index (κ3) is 5.43. The summed E-state index contributed by atoms with van der Waals surface area (Å²) in [6.45, 7) is 1.54. The number of halogens is 5. The third-order valence-corrected chi connectivity index (χ3v) is 4.50. The number of alkyl halides is 3. The number of benzene rings is 2. The van der Waals surface area contributed by atoms with Crippen LogP contribution >= 0.6 is 0 Å². The molecule has 1 unspecified atom stereocenters. The zero-order chi connectivity index (χ0) is 22.8. The first-order chi connectivity index (χ1) is 14.5. The van der Waals surface area contributed by atoms with E-state index in [0.717, 1.165) is 24.4 Å². The minimum Gasteiger partial charge on any atom is -0.379 e. The van der Waals surface area contributed by atoms with E-state index in [4.69, 9.17) is 0 Å². The molecular formula is C22H17F5N2O2. The van der Waals surface area contributed by atoms with Gasteiger partial charge in [-0.15, -0.1) is 0 Å². The van der Waals surface area contributed by atoms with Crippen LogP contribution in [0.1, 0.15) is 33.3 Å². The zero-order valence-corrected chi connectivity index (χ0v) is 16.2. The second-order valence-electron chi connectivity index (χ2n) is 6.92. The fourth-order valence-corrected chi connectivity index (χ4v) is 2.92. The van der Waals surface area contributed by atoms with Gasteiger partial charge >= 0.3 is 6.18 Å². The molecule has 1 atom stereocenters. The minimum absolute atomic E-state index is 0.00311. The molecule has 0 fully saturated rings. The molecule has 0 aliphatic carbocycles. The lowest BCUT2D eigenvalue weighted by atomic mass is 9.96. The van der Waals surface area contributed by atoms with E-state index in [-0.39, 0.29) is 23.2 Å². The Labute approximate surface area is 174 Å². The second kappa shape index (κ2) is 8.81. The second-order valence-corrected chi connectivity index (χ2v) is 6.92. The Balaban J connectivity index is 1.97. The Kier molecular flexibility index (Phi) is 6.35. The van der Waals surface area contributed by atoms with Crippen molar-refractivity contribution in [1.82, 2.24) is 10.3 Å². The largest absolute Gasteiger partial charge is 0.418 e. The van der Waals surface area contributed by atoms with Gasteiger partial charge in [-0.25, -0.2) is 8.78 Å². The molecule has 0 radical (unpaired) electrons. The zero-order valence-electron chi connectivity index (χ0n) is 16.2. The molecule has 0 saturated heterocycles. The fraction of sp³-hybridized carbons (Fsp3) is 0.182. The van der Waals surface area contributed by atoms with Gasteiger partial charge in [-0.2, -0.15) is 13.2 Å². The van der Waals surface area contributed by atoms with Gasteiger partial charge in [-0.3, -0.25) is 9.78 Å². The summed E-state index contributed by atoms with van der Waals surface area (Å²) in [5.74, 6) is -2.01. The van der Waals surface area contributed by atoms with Gasteiger partial charge in [0.05, 0.1) is 18.4 Å². The van der Waals surface area contributed by atoms with Crippen molar-refractivity contribution in [3.63, 3.8) is 0 Å². The first kappa shape index (κ1) is 22.4. The summed E-state index contributed by atoms with van der Waals surface area (Å²) in [7, 11) is 0. The van der Waals surface area contributed by atoms with Crippen molar-refractivity contribution in [3.8, 4) is 11.1 Å². The Hall–Kier alpha value is -3.33. The molecule has 3 aromatic rings. The Bertz CT molecular complexity index is 1100. The maximum Gasteiger partial charge on any atom is 0.418 e. The molecule has 0 bridgehead atoms. The molecule has 162 valence electrons. The minimum atomic E-state index is -4.98. The molecule has 4 nitrogen and oxygen atoms in total. The molecule has 3 rings (SSSR count). The summed E-state index contributed by atoms with van der Waals surface area (Å²) < 4.78 is 66.6. The summed E-state index contributed by atoms with van der Waals surface area (Å²) >= 11 is 0. The van der Waals surface area contributed by atoms with Crippen LogP contribution in [0.5, 0.6) is 0 Å². The van der Waals surface area contributed by atoms with Crippen molar-refractivity contribution < 1.29 is 31.9 Å². The highest BCUT2D eigenvalue weighted by molar-refractivity contribution is 5.95. The number of pyridine rings is 1. The molecule has 2 aromatic carbocycles. The molecule has 1 heterocycles. The summed E-state index contributed by atoms with van der Waals surface area (Å²) in [4.78, 5) is 16.3. The van der Waals surface area contributed by atoms with E-state index in [9.17, 15) is 31.9 Å². The average Bonchev–Trinajstić information content (AvgIpc) is 2.71. The molecule has 0 saturated carbocycles. The van der Waals surface area contributed by atoms with E-state index in [1.54, 1.807) is 13.0 Å². The number of aliphatic hydroxyl groups is 1. The number of carbonyl (C=O) groups is 1. The number of nitrogens with one attached hydrogen (secondary N) is 1. The number of carbonyl (C=O) groups excluding carboxylic acids is 1. The van der Waals surface area contributed by atoms with Crippen molar-refractivity contribution in [2.75, 3.05) is 0 Å². The molecule has 0 aliphatic rings. The van der Waals surface area contributed by atoms with Crippen LogP contribution in [0.2, 0.25) is 0 Å².